The summed E-state index contributed by atoms with van der Waals surface area (Å²) in [6.45, 7) is 7.73. The molecule has 1 amide bonds. The summed E-state index contributed by atoms with van der Waals surface area (Å²) in [6.07, 6.45) is 2.39. The quantitative estimate of drug-likeness (QED) is 0.673. The molecule has 172 valence electrons. The summed E-state index contributed by atoms with van der Waals surface area (Å²) in [7, 11) is 3.32. The van der Waals surface area contributed by atoms with Crippen molar-refractivity contribution in [2.45, 2.75) is 51.5 Å². The Labute approximate surface area is 191 Å². The molecule has 2 saturated heterocycles. The fraction of sp³-hybridized carbons (Fsp3) is 0.500. The van der Waals surface area contributed by atoms with Crippen molar-refractivity contribution in [2.24, 2.45) is 0 Å². The van der Waals surface area contributed by atoms with Crippen molar-refractivity contribution in [3.8, 4) is 11.5 Å². The fourth-order valence-corrected chi connectivity index (χ4v) is 5.02. The Morgan fingerprint density at radius 2 is 1.75 bits per heavy atom. The Morgan fingerprint density at radius 1 is 1.03 bits per heavy atom. The summed E-state index contributed by atoms with van der Waals surface area (Å²) >= 11 is 0. The molecule has 0 N–H and O–H groups in total. The normalized spacial score (nSPS) is 23.9. The zero-order valence-corrected chi connectivity index (χ0v) is 19.5. The van der Waals surface area contributed by atoms with Crippen LogP contribution in [0.25, 0.3) is 0 Å². The van der Waals surface area contributed by atoms with Crippen LogP contribution in [0.5, 0.6) is 11.5 Å². The van der Waals surface area contributed by atoms with Crippen molar-refractivity contribution in [2.75, 3.05) is 33.9 Å². The highest BCUT2D eigenvalue weighted by atomic mass is 16.5. The minimum absolute atomic E-state index is 0.0106. The Bertz CT molecular complexity index is 920. The average molecular weight is 439 g/mol. The van der Waals surface area contributed by atoms with Gasteiger partial charge >= 0.3 is 0 Å². The van der Waals surface area contributed by atoms with E-state index in [9.17, 15) is 4.79 Å². The number of rotatable bonds is 6. The number of hydrogen-bond donors (Lipinski definition) is 0. The van der Waals surface area contributed by atoms with E-state index in [-0.39, 0.29) is 24.2 Å². The maximum atomic E-state index is 13.4. The molecule has 0 radical (unpaired) electrons. The lowest BCUT2D eigenvalue weighted by molar-refractivity contribution is -0.0704. The van der Waals surface area contributed by atoms with Gasteiger partial charge in [0.15, 0.2) is 0 Å². The topological polar surface area (TPSA) is 51.2 Å². The summed E-state index contributed by atoms with van der Waals surface area (Å²) < 4.78 is 16.8. The first-order chi connectivity index (χ1) is 15.5. The van der Waals surface area contributed by atoms with Crippen molar-refractivity contribution in [1.29, 1.82) is 0 Å². The molecule has 2 aliphatic heterocycles. The highest BCUT2D eigenvalue weighted by molar-refractivity contribution is 5.94. The van der Waals surface area contributed by atoms with Crippen molar-refractivity contribution >= 4 is 5.91 Å². The molecule has 3 unspecified atom stereocenters. The van der Waals surface area contributed by atoms with Crippen LogP contribution >= 0.6 is 0 Å². The molecule has 0 saturated carbocycles. The highest BCUT2D eigenvalue weighted by Gasteiger charge is 2.33. The number of ether oxygens (including phenoxy) is 3. The second kappa shape index (κ2) is 9.92. The molecule has 32 heavy (non-hydrogen) atoms. The molecule has 2 aliphatic rings. The van der Waals surface area contributed by atoms with Crippen LogP contribution in [0.15, 0.2) is 42.5 Å². The minimum Gasteiger partial charge on any atom is -0.497 e. The third-order valence-electron chi connectivity index (χ3n) is 6.41. The van der Waals surface area contributed by atoms with E-state index in [4.69, 9.17) is 14.2 Å². The largest absolute Gasteiger partial charge is 0.497 e. The number of hydrogen-bond acceptors (Lipinski definition) is 5. The van der Waals surface area contributed by atoms with Crippen LogP contribution < -0.4 is 9.47 Å². The Hall–Kier alpha value is -2.57. The smallest absolute Gasteiger partial charge is 0.254 e. The Balaban J connectivity index is 1.48. The number of methoxy groups -OCH3 is 2. The minimum atomic E-state index is -0.0106. The summed E-state index contributed by atoms with van der Waals surface area (Å²) in [4.78, 5) is 17.8. The number of morpholine rings is 1. The zero-order valence-electron chi connectivity index (χ0n) is 19.5. The van der Waals surface area contributed by atoms with Crippen molar-refractivity contribution < 1.29 is 19.0 Å². The van der Waals surface area contributed by atoms with Gasteiger partial charge in [0.1, 0.15) is 11.5 Å². The second-order valence-electron chi connectivity index (χ2n) is 8.91. The molecule has 0 bridgehead atoms. The number of nitrogens with zero attached hydrogens (tertiary/aromatic N) is 2. The fourth-order valence-electron chi connectivity index (χ4n) is 5.02. The lowest BCUT2D eigenvalue weighted by Gasteiger charge is -2.35. The van der Waals surface area contributed by atoms with E-state index < -0.39 is 0 Å². The van der Waals surface area contributed by atoms with E-state index in [1.807, 2.05) is 35.2 Å². The second-order valence-corrected chi connectivity index (χ2v) is 8.91. The van der Waals surface area contributed by atoms with Gasteiger partial charge in [0.05, 0.1) is 32.5 Å². The highest BCUT2D eigenvalue weighted by Crippen LogP contribution is 2.39. The van der Waals surface area contributed by atoms with Gasteiger partial charge in [0.25, 0.3) is 5.91 Å². The lowest BCUT2D eigenvalue weighted by Crippen LogP contribution is -2.44. The van der Waals surface area contributed by atoms with Crippen LogP contribution in [0.3, 0.4) is 0 Å². The van der Waals surface area contributed by atoms with Gasteiger partial charge in [0.2, 0.25) is 0 Å². The van der Waals surface area contributed by atoms with Crippen LogP contribution in [-0.2, 0) is 11.3 Å². The first-order valence-electron chi connectivity index (χ1n) is 11.5. The van der Waals surface area contributed by atoms with E-state index in [2.05, 4.69) is 30.9 Å². The van der Waals surface area contributed by atoms with Gasteiger partial charge in [-0.25, -0.2) is 0 Å². The van der Waals surface area contributed by atoms with Gasteiger partial charge in [-0.3, -0.25) is 9.69 Å². The van der Waals surface area contributed by atoms with Gasteiger partial charge in [-0.05, 0) is 62.6 Å². The van der Waals surface area contributed by atoms with Gasteiger partial charge in [-0.15, -0.1) is 0 Å². The van der Waals surface area contributed by atoms with Crippen LogP contribution in [0.4, 0.5) is 0 Å². The molecule has 2 fully saturated rings. The molecular weight excluding hydrogens is 404 g/mol. The molecule has 2 heterocycles. The lowest BCUT2D eigenvalue weighted by atomic mass is 10.0. The molecule has 2 aromatic carbocycles. The molecular formula is C26H34N2O4. The standard InChI is InChI=1S/C26H34N2O4/c1-18-15-27(16-19(2)32-18)17-20-7-9-21(10-8-20)26(29)28-13-5-6-24(28)23-14-22(30-3)11-12-25(23)31-4/h7-12,14,18-19,24H,5-6,13,15-17H2,1-4H3. The van der Waals surface area contributed by atoms with E-state index in [1.54, 1.807) is 14.2 Å². The van der Waals surface area contributed by atoms with Gasteiger partial charge in [-0.2, -0.15) is 0 Å². The summed E-state index contributed by atoms with van der Waals surface area (Å²) in [5, 5.41) is 0. The van der Waals surface area contributed by atoms with Gasteiger partial charge in [0, 0.05) is 37.3 Å². The predicted octanol–water partition coefficient (Wildman–Crippen LogP) is 4.29. The van der Waals surface area contributed by atoms with Crippen LogP contribution in [0.1, 0.15) is 54.2 Å². The number of carbonyl (C=O) groups is 1. The monoisotopic (exact) mass is 438 g/mol. The van der Waals surface area contributed by atoms with E-state index in [1.165, 1.54) is 5.56 Å². The molecule has 2 aromatic rings. The number of amides is 1. The molecule has 0 aromatic heterocycles. The first-order valence-corrected chi connectivity index (χ1v) is 11.5. The molecule has 6 heteroatoms. The average Bonchev–Trinajstić information content (AvgIpc) is 3.27. The first kappa shape index (κ1) is 22.6. The van der Waals surface area contributed by atoms with Crippen LogP contribution in [0.2, 0.25) is 0 Å². The van der Waals surface area contributed by atoms with E-state index >= 15 is 0 Å². The van der Waals surface area contributed by atoms with Gasteiger partial charge in [-0.1, -0.05) is 12.1 Å². The van der Waals surface area contributed by atoms with Crippen molar-refractivity contribution in [3.63, 3.8) is 0 Å². The number of likely N-dealkylation sites (tertiary alicyclic amines) is 1. The molecule has 0 aliphatic carbocycles. The molecule has 6 nitrogen and oxygen atoms in total. The Kier molecular flexibility index (Phi) is 7.01. The summed E-state index contributed by atoms with van der Waals surface area (Å²) in [5.41, 5.74) is 2.95. The molecule has 0 spiro atoms. The molecule has 3 atom stereocenters. The van der Waals surface area contributed by atoms with Crippen molar-refractivity contribution in [3.05, 3.63) is 59.2 Å². The van der Waals surface area contributed by atoms with Crippen LogP contribution in [0, 0.1) is 0 Å². The maximum Gasteiger partial charge on any atom is 0.254 e. The SMILES string of the molecule is COc1ccc(OC)c(C2CCCN2C(=O)c2ccc(CN3CC(C)OC(C)C3)cc2)c1. The number of carbonyl (C=O) groups excluding carboxylic acids is 1. The third kappa shape index (κ3) is 4.92. The van der Waals surface area contributed by atoms with Crippen molar-refractivity contribution in [1.82, 2.24) is 9.80 Å². The number of benzene rings is 2. The van der Waals surface area contributed by atoms with E-state index in [0.717, 1.165) is 61.6 Å². The van der Waals surface area contributed by atoms with E-state index in [0.29, 0.717) is 0 Å². The summed E-state index contributed by atoms with van der Waals surface area (Å²) in [5.74, 6) is 1.63. The van der Waals surface area contributed by atoms with Gasteiger partial charge < -0.3 is 19.1 Å². The third-order valence-corrected chi connectivity index (χ3v) is 6.41. The maximum absolute atomic E-state index is 13.4. The zero-order chi connectivity index (χ0) is 22.7. The summed E-state index contributed by atoms with van der Waals surface area (Å²) in [6, 6.07) is 13.9. The Morgan fingerprint density at radius 3 is 2.41 bits per heavy atom. The molecule has 4 rings (SSSR count). The van der Waals surface area contributed by atoms with Crippen LogP contribution in [-0.4, -0.2) is 61.8 Å². The predicted molar refractivity (Wildman–Crippen MR) is 124 cm³/mol.